The summed E-state index contributed by atoms with van der Waals surface area (Å²) in [5.74, 6) is 3.16. The highest BCUT2D eigenvalue weighted by atomic mass is 16.3. The molecule has 0 spiro atoms. The van der Waals surface area contributed by atoms with E-state index >= 15 is 0 Å². The molecule has 3 N–H and O–H groups in total. The summed E-state index contributed by atoms with van der Waals surface area (Å²) in [6.07, 6.45) is 6.59. The third kappa shape index (κ3) is 2.97. The van der Waals surface area contributed by atoms with Gasteiger partial charge in [0.1, 0.15) is 0 Å². The molecule has 124 valence electrons. The number of nitrogens with one attached hydrogen (secondary N) is 2. The Balaban J connectivity index is 1.38. The maximum atomic E-state index is 12.4. The summed E-state index contributed by atoms with van der Waals surface area (Å²) in [5.41, 5.74) is 0.940. The summed E-state index contributed by atoms with van der Waals surface area (Å²) in [4.78, 5) is 12.4. The van der Waals surface area contributed by atoms with E-state index in [9.17, 15) is 9.90 Å². The van der Waals surface area contributed by atoms with Gasteiger partial charge in [-0.25, -0.2) is 4.79 Å². The van der Waals surface area contributed by atoms with E-state index in [1.54, 1.807) is 0 Å². The van der Waals surface area contributed by atoms with Gasteiger partial charge in [0, 0.05) is 6.04 Å². The van der Waals surface area contributed by atoms with Gasteiger partial charge in [-0.3, -0.25) is 0 Å². The second kappa shape index (κ2) is 6.16. The van der Waals surface area contributed by atoms with Gasteiger partial charge in [-0.15, -0.1) is 0 Å². The Kier molecular flexibility index (Phi) is 4.02. The van der Waals surface area contributed by atoms with Crippen molar-refractivity contribution in [3.8, 4) is 0 Å². The minimum absolute atomic E-state index is 0.0842. The topological polar surface area (TPSA) is 61.4 Å². The molecule has 0 aliphatic heterocycles. The van der Waals surface area contributed by atoms with Crippen LogP contribution >= 0.6 is 0 Å². The number of aliphatic hydroxyl groups is 1. The molecule has 4 aliphatic rings. The van der Waals surface area contributed by atoms with Crippen molar-refractivity contribution in [1.29, 1.82) is 0 Å². The Hall–Kier alpha value is -1.55. The van der Waals surface area contributed by atoms with Crippen LogP contribution in [0.3, 0.4) is 0 Å². The molecule has 0 saturated heterocycles. The molecule has 4 saturated carbocycles. The van der Waals surface area contributed by atoms with Crippen molar-refractivity contribution in [3.63, 3.8) is 0 Å². The molecule has 5 rings (SSSR count). The number of aliphatic hydroxyl groups excluding tert-OH is 1. The molecular formula is C19H26N2O2. The molecule has 1 atom stereocenters. The van der Waals surface area contributed by atoms with Crippen molar-refractivity contribution < 1.29 is 9.90 Å². The van der Waals surface area contributed by atoms with E-state index in [-0.39, 0.29) is 18.7 Å². The van der Waals surface area contributed by atoms with Crippen molar-refractivity contribution in [2.75, 3.05) is 6.61 Å². The first-order chi connectivity index (χ1) is 11.2. The number of amides is 2. The van der Waals surface area contributed by atoms with Gasteiger partial charge < -0.3 is 15.7 Å². The van der Waals surface area contributed by atoms with Crippen molar-refractivity contribution in [2.45, 2.75) is 44.2 Å². The molecule has 0 heterocycles. The van der Waals surface area contributed by atoms with Crippen LogP contribution in [0.25, 0.3) is 0 Å². The highest BCUT2D eigenvalue weighted by molar-refractivity contribution is 5.75. The molecule has 23 heavy (non-hydrogen) atoms. The molecule has 4 nitrogen and oxygen atoms in total. The smallest absolute Gasteiger partial charge is 0.315 e. The lowest BCUT2D eigenvalue weighted by Crippen LogP contribution is -2.57. The van der Waals surface area contributed by atoms with Crippen molar-refractivity contribution in [3.05, 3.63) is 35.9 Å². The number of urea groups is 1. The highest BCUT2D eigenvalue weighted by Gasteiger charge is 2.48. The Morgan fingerprint density at radius 1 is 1.04 bits per heavy atom. The fraction of sp³-hybridized carbons (Fsp3) is 0.632. The zero-order chi connectivity index (χ0) is 15.8. The van der Waals surface area contributed by atoms with E-state index in [1.165, 1.54) is 32.1 Å². The van der Waals surface area contributed by atoms with Gasteiger partial charge in [-0.2, -0.15) is 0 Å². The standard InChI is InChI=1S/C19H26N2O2/c22-11-17(14-4-2-1-3-5-14)20-19(23)21-18-15-7-12-6-13(9-15)10-16(18)8-12/h1-5,12-13,15-18,22H,6-11H2,(H2,20,21,23)/t12?,13?,15?,16?,17-,18?/m1/s1. The summed E-state index contributed by atoms with van der Waals surface area (Å²) in [6, 6.07) is 9.52. The van der Waals surface area contributed by atoms with Gasteiger partial charge in [0.2, 0.25) is 0 Å². The minimum atomic E-state index is -0.340. The number of rotatable bonds is 4. The SMILES string of the molecule is O=C(NC1C2CC3CC(C2)CC1C3)N[C@H](CO)c1ccccc1. The van der Waals surface area contributed by atoms with Crippen LogP contribution in [-0.2, 0) is 0 Å². The second-order valence-corrected chi connectivity index (χ2v) is 7.72. The van der Waals surface area contributed by atoms with Crippen molar-refractivity contribution in [1.82, 2.24) is 10.6 Å². The van der Waals surface area contributed by atoms with Crippen molar-refractivity contribution in [2.24, 2.45) is 23.7 Å². The maximum absolute atomic E-state index is 12.4. The predicted octanol–water partition coefficient (Wildman–Crippen LogP) is 2.84. The van der Waals surface area contributed by atoms with E-state index in [2.05, 4.69) is 10.6 Å². The quantitative estimate of drug-likeness (QED) is 0.800. The summed E-state index contributed by atoms with van der Waals surface area (Å²) < 4.78 is 0. The Morgan fingerprint density at radius 2 is 1.65 bits per heavy atom. The Labute approximate surface area is 137 Å². The molecule has 1 aromatic rings. The van der Waals surface area contributed by atoms with E-state index in [0.29, 0.717) is 17.9 Å². The van der Waals surface area contributed by atoms with Gasteiger partial charge in [0.05, 0.1) is 12.6 Å². The van der Waals surface area contributed by atoms with E-state index < -0.39 is 0 Å². The average molecular weight is 314 g/mol. The van der Waals surface area contributed by atoms with Crippen LogP contribution < -0.4 is 10.6 Å². The number of carbonyl (C=O) groups excluding carboxylic acids is 1. The first kappa shape index (κ1) is 15.0. The lowest BCUT2D eigenvalue weighted by molar-refractivity contribution is -0.00959. The molecule has 2 amide bonds. The summed E-state index contributed by atoms with van der Waals surface area (Å²) in [6.45, 7) is -0.0842. The largest absolute Gasteiger partial charge is 0.394 e. The zero-order valence-corrected chi connectivity index (χ0v) is 13.4. The third-order valence-electron chi connectivity index (χ3n) is 6.21. The van der Waals surface area contributed by atoms with Gasteiger partial charge in [-0.1, -0.05) is 30.3 Å². The molecule has 0 unspecified atom stereocenters. The molecular weight excluding hydrogens is 288 g/mol. The van der Waals surface area contributed by atoms with Crippen LogP contribution in [0.2, 0.25) is 0 Å². The molecule has 1 aromatic carbocycles. The first-order valence-electron chi connectivity index (χ1n) is 8.95. The van der Waals surface area contributed by atoms with Crippen LogP contribution in [0.1, 0.15) is 43.7 Å². The van der Waals surface area contributed by atoms with Crippen LogP contribution in [0.4, 0.5) is 4.79 Å². The summed E-state index contributed by atoms with van der Waals surface area (Å²) in [7, 11) is 0. The normalized spacial score (nSPS) is 35.8. The molecule has 4 fully saturated rings. The summed E-state index contributed by atoms with van der Waals surface area (Å²) >= 11 is 0. The number of benzene rings is 1. The number of hydrogen-bond donors (Lipinski definition) is 3. The molecule has 0 aromatic heterocycles. The summed E-state index contributed by atoms with van der Waals surface area (Å²) in [5, 5.41) is 15.8. The van der Waals surface area contributed by atoms with E-state index in [0.717, 1.165) is 17.4 Å². The Morgan fingerprint density at radius 3 is 2.22 bits per heavy atom. The monoisotopic (exact) mass is 314 g/mol. The zero-order valence-electron chi connectivity index (χ0n) is 13.4. The van der Waals surface area contributed by atoms with Crippen LogP contribution in [0, 0.1) is 23.7 Å². The van der Waals surface area contributed by atoms with Crippen LogP contribution in [0.15, 0.2) is 30.3 Å². The number of hydrogen-bond acceptors (Lipinski definition) is 2. The van der Waals surface area contributed by atoms with E-state index in [1.807, 2.05) is 30.3 Å². The lowest BCUT2D eigenvalue weighted by Gasteiger charge is -2.54. The van der Waals surface area contributed by atoms with E-state index in [4.69, 9.17) is 0 Å². The van der Waals surface area contributed by atoms with Crippen molar-refractivity contribution >= 4 is 6.03 Å². The highest BCUT2D eigenvalue weighted by Crippen LogP contribution is 2.53. The molecule has 0 radical (unpaired) electrons. The first-order valence-corrected chi connectivity index (χ1v) is 8.95. The third-order valence-corrected chi connectivity index (χ3v) is 6.21. The van der Waals surface area contributed by atoms with Gasteiger partial charge in [0.25, 0.3) is 0 Å². The van der Waals surface area contributed by atoms with Crippen LogP contribution in [0.5, 0.6) is 0 Å². The lowest BCUT2D eigenvalue weighted by atomic mass is 9.54. The Bertz CT molecular complexity index is 532. The fourth-order valence-corrected chi connectivity index (χ4v) is 5.43. The van der Waals surface area contributed by atoms with Crippen LogP contribution in [-0.4, -0.2) is 23.8 Å². The average Bonchev–Trinajstić information content (AvgIpc) is 2.56. The molecule has 4 bridgehead atoms. The minimum Gasteiger partial charge on any atom is -0.394 e. The van der Waals surface area contributed by atoms with Gasteiger partial charge >= 0.3 is 6.03 Å². The predicted molar refractivity (Wildman–Crippen MR) is 88.8 cm³/mol. The second-order valence-electron chi connectivity index (χ2n) is 7.72. The van der Waals surface area contributed by atoms with Gasteiger partial charge in [0.15, 0.2) is 0 Å². The number of carbonyl (C=O) groups is 1. The fourth-order valence-electron chi connectivity index (χ4n) is 5.43. The maximum Gasteiger partial charge on any atom is 0.315 e. The molecule has 4 heteroatoms. The molecule has 4 aliphatic carbocycles. The van der Waals surface area contributed by atoms with Gasteiger partial charge in [-0.05, 0) is 61.3 Å².